The molecule has 3 aromatic rings. The van der Waals surface area contributed by atoms with Crippen LogP contribution in [0.3, 0.4) is 0 Å². The Hall–Kier alpha value is -3.07. The van der Waals surface area contributed by atoms with Gasteiger partial charge in [-0.05, 0) is 57.0 Å². The summed E-state index contributed by atoms with van der Waals surface area (Å²) in [4.78, 5) is 12.8. The number of rotatable bonds is 7. The Morgan fingerprint density at radius 3 is 2.03 bits per heavy atom. The van der Waals surface area contributed by atoms with Crippen molar-refractivity contribution in [3.63, 3.8) is 0 Å². The molecule has 1 heterocycles. The van der Waals surface area contributed by atoms with Gasteiger partial charge in [0.15, 0.2) is 0 Å². The van der Waals surface area contributed by atoms with Crippen molar-refractivity contribution >= 4 is 24.2 Å². The van der Waals surface area contributed by atoms with Gasteiger partial charge in [-0.25, -0.2) is 8.78 Å². The lowest BCUT2D eigenvalue weighted by Gasteiger charge is -2.32. The molecule has 5 nitrogen and oxygen atoms in total. The van der Waals surface area contributed by atoms with Crippen molar-refractivity contribution in [3.8, 4) is 0 Å². The molecule has 1 amide bonds. The van der Waals surface area contributed by atoms with E-state index in [1.54, 1.807) is 24.3 Å². The van der Waals surface area contributed by atoms with Crippen molar-refractivity contribution in [2.45, 2.75) is 52.1 Å². The van der Waals surface area contributed by atoms with Crippen molar-refractivity contribution in [2.24, 2.45) is 0 Å². The van der Waals surface area contributed by atoms with Gasteiger partial charge in [0, 0.05) is 11.2 Å². The molecule has 0 aromatic heterocycles. The number of amides is 1. The molecule has 0 unspecified atom stereocenters. The number of hydrogen-bond donors (Lipinski definition) is 1. The van der Waals surface area contributed by atoms with E-state index in [-0.39, 0.29) is 5.46 Å². The fraction of sp³-hybridized carbons (Fsp3) is 0.296. The SMILES string of the molecule is CC1(C)OB(c2ccc(F)c(C(=O)Nc3ccc(COCc4ccccc4)cc3)c2F)OC1(C)C. The Balaban J connectivity index is 1.43. The Kier molecular flexibility index (Phi) is 7.08. The molecule has 1 saturated heterocycles. The number of halogens is 2. The largest absolute Gasteiger partial charge is 0.497 e. The highest BCUT2D eigenvalue weighted by molar-refractivity contribution is 6.62. The van der Waals surface area contributed by atoms with Crippen LogP contribution < -0.4 is 10.8 Å². The maximum atomic E-state index is 15.3. The molecule has 0 radical (unpaired) electrons. The molecular formula is C27H28BF2NO4. The van der Waals surface area contributed by atoms with E-state index in [2.05, 4.69) is 5.32 Å². The minimum absolute atomic E-state index is 0.0267. The second kappa shape index (κ2) is 9.89. The molecule has 182 valence electrons. The number of ether oxygens (including phenoxy) is 1. The number of carbonyl (C=O) groups is 1. The third-order valence-electron chi connectivity index (χ3n) is 6.45. The molecule has 4 rings (SSSR count). The zero-order valence-corrected chi connectivity index (χ0v) is 20.2. The summed E-state index contributed by atoms with van der Waals surface area (Å²) in [7, 11) is -1.05. The smallest absolute Gasteiger partial charge is 0.399 e. The van der Waals surface area contributed by atoms with Crippen LogP contribution in [-0.2, 0) is 27.3 Å². The number of nitrogens with one attached hydrogen (secondary N) is 1. The van der Waals surface area contributed by atoms with Gasteiger partial charge in [-0.3, -0.25) is 4.79 Å². The molecule has 0 atom stereocenters. The first-order valence-corrected chi connectivity index (χ1v) is 11.4. The summed E-state index contributed by atoms with van der Waals surface area (Å²) in [6.45, 7) is 8.20. The lowest BCUT2D eigenvalue weighted by molar-refractivity contribution is 0.00578. The van der Waals surface area contributed by atoms with Gasteiger partial charge in [-0.1, -0.05) is 48.5 Å². The van der Waals surface area contributed by atoms with Gasteiger partial charge in [-0.15, -0.1) is 0 Å². The zero-order valence-electron chi connectivity index (χ0n) is 20.2. The second-order valence-corrected chi connectivity index (χ2v) is 9.54. The van der Waals surface area contributed by atoms with E-state index in [4.69, 9.17) is 14.0 Å². The van der Waals surface area contributed by atoms with Gasteiger partial charge in [0.05, 0.1) is 24.4 Å². The topological polar surface area (TPSA) is 56.8 Å². The zero-order chi connectivity index (χ0) is 25.2. The molecular weight excluding hydrogens is 451 g/mol. The monoisotopic (exact) mass is 479 g/mol. The fourth-order valence-corrected chi connectivity index (χ4v) is 3.67. The minimum atomic E-state index is -1.05. The molecule has 1 aliphatic heterocycles. The van der Waals surface area contributed by atoms with Crippen molar-refractivity contribution in [3.05, 3.63) is 95.1 Å². The first-order valence-electron chi connectivity index (χ1n) is 11.4. The summed E-state index contributed by atoms with van der Waals surface area (Å²) in [5.74, 6) is -2.87. The average molecular weight is 479 g/mol. The summed E-state index contributed by atoms with van der Waals surface area (Å²) in [5, 5.41) is 2.56. The number of anilines is 1. The van der Waals surface area contributed by atoms with E-state index in [0.29, 0.717) is 18.9 Å². The van der Waals surface area contributed by atoms with E-state index in [1.165, 1.54) is 6.07 Å². The van der Waals surface area contributed by atoms with Gasteiger partial charge in [0.2, 0.25) is 0 Å². The maximum Gasteiger partial charge on any atom is 0.497 e. The van der Waals surface area contributed by atoms with Crippen LogP contribution in [0.2, 0.25) is 0 Å². The standard InChI is InChI=1S/C27H28BF2NO4/c1-26(2)27(3,4)35-28(34-26)21-14-15-22(29)23(24(21)30)25(32)31-20-12-10-19(11-13-20)17-33-16-18-8-6-5-7-9-18/h5-15H,16-17H2,1-4H3,(H,31,32). The van der Waals surface area contributed by atoms with Crippen molar-refractivity contribution < 1.29 is 27.6 Å². The summed E-state index contributed by atoms with van der Waals surface area (Å²) < 4.78 is 47.3. The molecule has 1 fully saturated rings. The van der Waals surface area contributed by atoms with Crippen LogP contribution in [0.5, 0.6) is 0 Å². The molecule has 0 spiro atoms. The highest BCUT2D eigenvalue weighted by Gasteiger charge is 2.52. The van der Waals surface area contributed by atoms with Crippen LogP contribution in [0.1, 0.15) is 49.2 Å². The lowest BCUT2D eigenvalue weighted by atomic mass is 9.77. The van der Waals surface area contributed by atoms with Crippen molar-refractivity contribution in [1.82, 2.24) is 0 Å². The first-order chi connectivity index (χ1) is 16.6. The third-order valence-corrected chi connectivity index (χ3v) is 6.45. The Morgan fingerprint density at radius 1 is 0.857 bits per heavy atom. The Morgan fingerprint density at radius 2 is 1.43 bits per heavy atom. The normalized spacial score (nSPS) is 16.3. The predicted molar refractivity (Wildman–Crippen MR) is 131 cm³/mol. The van der Waals surface area contributed by atoms with Crippen LogP contribution in [0.15, 0.2) is 66.7 Å². The molecule has 0 bridgehead atoms. The van der Waals surface area contributed by atoms with Crippen LogP contribution in [0.25, 0.3) is 0 Å². The number of benzene rings is 3. The summed E-state index contributed by atoms with van der Waals surface area (Å²) >= 11 is 0. The van der Waals surface area contributed by atoms with Gasteiger partial charge < -0.3 is 19.4 Å². The molecule has 1 aliphatic rings. The van der Waals surface area contributed by atoms with Crippen LogP contribution >= 0.6 is 0 Å². The highest BCUT2D eigenvalue weighted by Crippen LogP contribution is 2.36. The molecule has 8 heteroatoms. The van der Waals surface area contributed by atoms with E-state index in [1.807, 2.05) is 58.0 Å². The van der Waals surface area contributed by atoms with Crippen molar-refractivity contribution in [2.75, 3.05) is 5.32 Å². The van der Waals surface area contributed by atoms with Crippen molar-refractivity contribution in [1.29, 1.82) is 0 Å². The van der Waals surface area contributed by atoms with Gasteiger partial charge in [0.1, 0.15) is 17.2 Å². The summed E-state index contributed by atoms with van der Waals surface area (Å²) in [6, 6.07) is 19.0. The maximum absolute atomic E-state index is 15.3. The van der Waals surface area contributed by atoms with E-state index in [0.717, 1.165) is 17.2 Å². The van der Waals surface area contributed by atoms with Crippen LogP contribution in [0.4, 0.5) is 14.5 Å². The fourth-order valence-electron chi connectivity index (χ4n) is 3.67. The van der Waals surface area contributed by atoms with Crippen LogP contribution in [0, 0.1) is 11.6 Å². The molecule has 0 aliphatic carbocycles. The van der Waals surface area contributed by atoms with Gasteiger partial charge in [0.25, 0.3) is 5.91 Å². The Bertz CT molecular complexity index is 1180. The summed E-state index contributed by atoms with van der Waals surface area (Å²) in [6.07, 6.45) is 0. The average Bonchev–Trinajstić information content (AvgIpc) is 3.02. The number of hydrogen-bond acceptors (Lipinski definition) is 4. The van der Waals surface area contributed by atoms with E-state index >= 15 is 4.39 Å². The number of carbonyl (C=O) groups excluding carboxylic acids is 1. The van der Waals surface area contributed by atoms with E-state index in [9.17, 15) is 9.18 Å². The Labute approximate surface area is 204 Å². The first kappa shape index (κ1) is 25.0. The predicted octanol–water partition coefficient (Wildman–Crippen LogP) is 5.23. The van der Waals surface area contributed by atoms with Gasteiger partial charge >= 0.3 is 7.12 Å². The quantitative estimate of drug-likeness (QED) is 0.472. The van der Waals surface area contributed by atoms with E-state index < -0.39 is 41.4 Å². The lowest BCUT2D eigenvalue weighted by Crippen LogP contribution is -2.41. The van der Waals surface area contributed by atoms with Gasteiger partial charge in [-0.2, -0.15) is 0 Å². The molecule has 1 N–H and O–H groups in total. The van der Waals surface area contributed by atoms with Crippen LogP contribution in [-0.4, -0.2) is 24.2 Å². The third kappa shape index (κ3) is 5.45. The minimum Gasteiger partial charge on any atom is -0.399 e. The summed E-state index contributed by atoms with van der Waals surface area (Å²) in [5.41, 5.74) is 0.262. The molecule has 0 saturated carbocycles. The molecule has 3 aromatic carbocycles. The molecule has 35 heavy (non-hydrogen) atoms. The second-order valence-electron chi connectivity index (χ2n) is 9.54. The highest BCUT2D eigenvalue weighted by atomic mass is 19.1.